The number of phenols is 1. The number of phenolic OH excluding ortho intramolecular Hbond substituents is 1. The van der Waals surface area contributed by atoms with Gasteiger partial charge in [-0.05, 0) is 19.1 Å². The molecule has 0 bridgehead atoms. The normalized spacial score (nSPS) is 14.4. The predicted octanol–water partition coefficient (Wildman–Crippen LogP) is 0.513. The Morgan fingerprint density at radius 1 is 1.48 bits per heavy atom. The van der Waals surface area contributed by atoms with Crippen molar-refractivity contribution in [2.45, 2.75) is 6.92 Å². The third kappa shape index (κ3) is 3.11. The van der Waals surface area contributed by atoms with Crippen molar-refractivity contribution in [1.82, 2.24) is 4.90 Å². The SMILES string of the molecule is COC(=O)C1=C(Nc2ccc(F)c(C)c2O)C(=O)N(CCO)C1. The van der Waals surface area contributed by atoms with Crippen molar-refractivity contribution in [3.8, 4) is 5.75 Å². The molecule has 1 aliphatic rings. The molecule has 0 fully saturated rings. The molecule has 0 aromatic heterocycles. The first-order valence-electron chi connectivity index (χ1n) is 6.87. The van der Waals surface area contributed by atoms with Gasteiger partial charge in [-0.3, -0.25) is 4.79 Å². The molecule has 1 aliphatic heterocycles. The summed E-state index contributed by atoms with van der Waals surface area (Å²) in [6, 6.07) is 2.40. The van der Waals surface area contributed by atoms with E-state index in [2.05, 4.69) is 10.1 Å². The number of esters is 1. The highest BCUT2D eigenvalue weighted by Gasteiger charge is 2.34. The summed E-state index contributed by atoms with van der Waals surface area (Å²) in [5.74, 6) is -2.15. The number of carbonyl (C=O) groups is 2. The van der Waals surface area contributed by atoms with Gasteiger partial charge in [0.2, 0.25) is 0 Å². The average Bonchev–Trinajstić information content (AvgIpc) is 2.84. The minimum absolute atomic E-state index is 0.0185. The molecule has 0 spiro atoms. The van der Waals surface area contributed by atoms with E-state index in [-0.39, 0.29) is 48.0 Å². The highest BCUT2D eigenvalue weighted by Crippen LogP contribution is 2.32. The molecule has 1 aromatic carbocycles. The Morgan fingerprint density at radius 3 is 2.78 bits per heavy atom. The summed E-state index contributed by atoms with van der Waals surface area (Å²) in [6.07, 6.45) is 0. The Balaban J connectivity index is 2.39. The quantitative estimate of drug-likeness (QED) is 0.539. The van der Waals surface area contributed by atoms with Crippen LogP contribution in [0.3, 0.4) is 0 Å². The predicted molar refractivity (Wildman–Crippen MR) is 79.1 cm³/mol. The summed E-state index contributed by atoms with van der Waals surface area (Å²) in [7, 11) is 1.19. The fourth-order valence-corrected chi connectivity index (χ4v) is 2.26. The summed E-state index contributed by atoms with van der Waals surface area (Å²) in [6.45, 7) is 1.17. The number of anilines is 1. The summed E-state index contributed by atoms with van der Waals surface area (Å²) < 4.78 is 18.0. The molecule has 0 unspecified atom stereocenters. The molecule has 23 heavy (non-hydrogen) atoms. The van der Waals surface area contributed by atoms with Gasteiger partial charge in [0.05, 0.1) is 31.5 Å². The molecular weight excluding hydrogens is 307 g/mol. The Hall–Kier alpha value is -2.61. The number of aliphatic hydroxyl groups is 1. The van der Waals surface area contributed by atoms with E-state index in [0.717, 1.165) is 6.07 Å². The maximum atomic E-state index is 13.4. The number of ether oxygens (including phenoxy) is 1. The fourth-order valence-electron chi connectivity index (χ4n) is 2.26. The Morgan fingerprint density at radius 2 is 2.17 bits per heavy atom. The van der Waals surface area contributed by atoms with E-state index in [9.17, 15) is 19.1 Å². The van der Waals surface area contributed by atoms with Gasteiger partial charge in [-0.1, -0.05) is 0 Å². The van der Waals surface area contributed by atoms with Gasteiger partial charge < -0.3 is 25.2 Å². The molecule has 124 valence electrons. The zero-order chi connectivity index (χ0) is 17.1. The number of halogens is 1. The summed E-state index contributed by atoms with van der Waals surface area (Å²) in [4.78, 5) is 25.4. The first-order valence-corrected chi connectivity index (χ1v) is 6.87. The number of aromatic hydroxyl groups is 1. The standard InChI is InChI=1S/C15H17FN2O5/c1-8-10(16)3-4-11(13(8)20)17-12-9(15(22)23-2)7-18(5-6-19)14(12)21/h3-4,17,19-20H,5-7H2,1-2H3. The van der Waals surface area contributed by atoms with E-state index >= 15 is 0 Å². The van der Waals surface area contributed by atoms with Gasteiger partial charge >= 0.3 is 5.97 Å². The Kier molecular flexibility index (Phi) is 4.85. The second-order valence-corrected chi connectivity index (χ2v) is 4.99. The second-order valence-electron chi connectivity index (χ2n) is 4.99. The lowest BCUT2D eigenvalue weighted by molar-refractivity contribution is -0.136. The zero-order valence-electron chi connectivity index (χ0n) is 12.7. The van der Waals surface area contributed by atoms with E-state index in [0.29, 0.717) is 0 Å². The maximum Gasteiger partial charge on any atom is 0.337 e. The molecule has 1 heterocycles. The van der Waals surface area contributed by atoms with E-state index < -0.39 is 17.7 Å². The molecule has 2 rings (SSSR count). The molecule has 0 radical (unpaired) electrons. The summed E-state index contributed by atoms with van der Waals surface area (Å²) in [5, 5.41) is 21.6. The van der Waals surface area contributed by atoms with Crippen molar-refractivity contribution in [3.63, 3.8) is 0 Å². The van der Waals surface area contributed by atoms with Crippen LogP contribution in [-0.4, -0.2) is 53.8 Å². The first kappa shape index (κ1) is 16.8. The minimum atomic E-state index is -0.695. The number of rotatable bonds is 5. The van der Waals surface area contributed by atoms with Crippen molar-refractivity contribution < 1.29 is 28.9 Å². The van der Waals surface area contributed by atoms with Crippen LogP contribution in [-0.2, 0) is 14.3 Å². The van der Waals surface area contributed by atoms with Crippen LogP contribution in [0.15, 0.2) is 23.4 Å². The molecule has 0 atom stereocenters. The van der Waals surface area contributed by atoms with Crippen LogP contribution in [0.2, 0.25) is 0 Å². The third-order valence-electron chi connectivity index (χ3n) is 3.58. The van der Waals surface area contributed by atoms with Crippen molar-refractivity contribution in [2.75, 3.05) is 32.1 Å². The lowest BCUT2D eigenvalue weighted by Crippen LogP contribution is -2.31. The molecule has 1 aromatic rings. The van der Waals surface area contributed by atoms with E-state index in [1.807, 2.05) is 0 Å². The van der Waals surface area contributed by atoms with Gasteiger partial charge in [-0.15, -0.1) is 0 Å². The summed E-state index contributed by atoms with van der Waals surface area (Å²) in [5.41, 5.74) is 0.131. The van der Waals surface area contributed by atoms with Gasteiger partial charge in [0.15, 0.2) is 0 Å². The molecular formula is C15H17FN2O5. The zero-order valence-corrected chi connectivity index (χ0v) is 12.7. The number of hydrogen-bond acceptors (Lipinski definition) is 6. The van der Waals surface area contributed by atoms with Crippen LogP contribution in [0.5, 0.6) is 5.75 Å². The maximum absolute atomic E-state index is 13.4. The van der Waals surface area contributed by atoms with E-state index in [1.54, 1.807) is 0 Å². The summed E-state index contributed by atoms with van der Waals surface area (Å²) >= 11 is 0. The molecule has 7 nitrogen and oxygen atoms in total. The van der Waals surface area contributed by atoms with Crippen molar-refractivity contribution in [2.24, 2.45) is 0 Å². The highest BCUT2D eigenvalue weighted by atomic mass is 19.1. The number of aliphatic hydroxyl groups excluding tert-OH is 1. The van der Waals surface area contributed by atoms with Crippen LogP contribution in [0, 0.1) is 12.7 Å². The molecule has 0 aliphatic carbocycles. The van der Waals surface area contributed by atoms with Crippen molar-refractivity contribution in [1.29, 1.82) is 0 Å². The van der Waals surface area contributed by atoms with Crippen LogP contribution >= 0.6 is 0 Å². The molecule has 0 saturated heterocycles. The Bertz CT molecular complexity index is 687. The Labute approximate surface area is 132 Å². The molecule has 3 N–H and O–H groups in total. The number of benzene rings is 1. The number of β-amino-alcohol motifs (C(OH)–C–C–N with tert-alkyl or cyclic N) is 1. The van der Waals surface area contributed by atoms with Gasteiger partial charge in [0.1, 0.15) is 17.3 Å². The third-order valence-corrected chi connectivity index (χ3v) is 3.58. The van der Waals surface area contributed by atoms with Gasteiger partial charge in [-0.25, -0.2) is 9.18 Å². The van der Waals surface area contributed by atoms with E-state index in [4.69, 9.17) is 5.11 Å². The molecule has 8 heteroatoms. The minimum Gasteiger partial charge on any atom is -0.505 e. The average molecular weight is 324 g/mol. The van der Waals surface area contributed by atoms with Gasteiger partial charge in [0, 0.05) is 12.1 Å². The van der Waals surface area contributed by atoms with Gasteiger partial charge in [0.25, 0.3) is 5.91 Å². The molecule has 1 amide bonds. The molecule has 0 saturated carbocycles. The number of hydrogen-bond donors (Lipinski definition) is 3. The monoisotopic (exact) mass is 324 g/mol. The number of methoxy groups -OCH3 is 1. The fraction of sp³-hybridized carbons (Fsp3) is 0.333. The van der Waals surface area contributed by atoms with E-state index in [1.165, 1.54) is 25.0 Å². The largest absolute Gasteiger partial charge is 0.505 e. The van der Waals surface area contributed by atoms with Crippen molar-refractivity contribution in [3.05, 3.63) is 34.8 Å². The lowest BCUT2D eigenvalue weighted by Gasteiger charge is -2.15. The van der Waals surface area contributed by atoms with Crippen LogP contribution < -0.4 is 5.32 Å². The number of nitrogens with one attached hydrogen (secondary N) is 1. The van der Waals surface area contributed by atoms with Crippen LogP contribution in [0.4, 0.5) is 10.1 Å². The smallest absolute Gasteiger partial charge is 0.337 e. The van der Waals surface area contributed by atoms with Crippen molar-refractivity contribution >= 4 is 17.6 Å². The highest BCUT2D eigenvalue weighted by molar-refractivity contribution is 6.08. The van der Waals surface area contributed by atoms with Crippen LogP contribution in [0.1, 0.15) is 5.56 Å². The lowest BCUT2D eigenvalue weighted by atomic mass is 10.1. The number of carbonyl (C=O) groups excluding carboxylic acids is 2. The van der Waals surface area contributed by atoms with Gasteiger partial charge in [-0.2, -0.15) is 0 Å². The number of nitrogens with zero attached hydrogens (tertiary/aromatic N) is 1. The van der Waals surface area contributed by atoms with Crippen LogP contribution in [0.25, 0.3) is 0 Å². The second kappa shape index (κ2) is 6.66. The number of amides is 1. The topological polar surface area (TPSA) is 99.1 Å². The first-order chi connectivity index (χ1) is 10.9.